The van der Waals surface area contributed by atoms with E-state index < -0.39 is 0 Å². The van der Waals surface area contributed by atoms with Crippen LogP contribution in [0, 0.1) is 0 Å². The van der Waals surface area contributed by atoms with E-state index in [0.717, 1.165) is 10.8 Å². The van der Waals surface area contributed by atoms with Crippen LogP contribution in [0.4, 0.5) is 0 Å². The molecule has 0 atom stereocenters. The summed E-state index contributed by atoms with van der Waals surface area (Å²) < 4.78 is 5.38. The maximum Gasteiger partial charge on any atom is 0.193 e. The number of hydrogen-bond acceptors (Lipinski definition) is 4. The zero-order valence-corrected chi connectivity index (χ0v) is 8.27. The minimum atomic E-state index is -0.0293. The van der Waals surface area contributed by atoms with Gasteiger partial charge in [0, 0.05) is 6.07 Å². The average molecular weight is 210 g/mol. The Bertz CT molecular complexity index is 490. The lowest BCUT2D eigenvalue weighted by molar-refractivity contribution is 0.501. The van der Waals surface area contributed by atoms with E-state index in [1.54, 1.807) is 12.1 Å². The van der Waals surface area contributed by atoms with Gasteiger partial charge in [0.1, 0.15) is 5.58 Å². The van der Waals surface area contributed by atoms with Gasteiger partial charge in [-0.3, -0.25) is 4.79 Å². The van der Waals surface area contributed by atoms with Crippen LogP contribution in [-0.4, -0.2) is 0 Å². The average Bonchev–Trinajstić information content (AvgIpc) is 2.18. The lowest BCUT2D eigenvalue weighted by atomic mass is 10.2. The van der Waals surface area contributed by atoms with Gasteiger partial charge < -0.3 is 4.42 Å². The largest absolute Gasteiger partial charge is 0.449 e. The molecule has 66 valence electrons. The van der Waals surface area contributed by atoms with Crippen LogP contribution in [0.25, 0.3) is 11.0 Å². The van der Waals surface area contributed by atoms with Gasteiger partial charge in [0.2, 0.25) is 0 Å². The number of benzene rings is 1. The third kappa shape index (κ3) is 1.59. The molecule has 4 heteroatoms. The van der Waals surface area contributed by atoms with Crippen LogP contribution in [0.1, 0.15) is 0 Å². The van der Waals surface area contributed by atoms with Crippen molar-refractivity contribution in [3.8, 4) is 0 Å². The first-order valence-corrected chi connectivity index (χ1v) is 5.52. The Hall–Kier alpha value is -0.870. The van der Waals surface area contributed by atoms with E-state index >= 15 is 0 Å². The summed E-state index contributed by atoms with van der Waals surface area (Å²) in [5, 5.41) is 1.13. The molecule has 13 heavy (non-hydrogen) atoms. The van der Waals surface area contributed by atoms with Crippen LogP contribution >= 0.6 is 22.5 Å². The normalized spacial score (nSPS) is 10.5. The maximum absolute atomic E-state index is 11.5. The fourth-order valence-corrected chi connectivity index (χ4v) is 1.68. The molecule has 2 aromatic rings. The fourth-order valence-electron chi connectivity index (χ4n) is 1.13. The van der Waals surface area contributed by atoms with Crippen LogP contribution in [0.2, 0.25) is 0 Å². The quantitative estimate of drug-likeness (QED) is 0.580. The second-order valence-electron chi connectivity index (χ2n) is 2.52. The maximum atomic E-state index is 11.5. The number of hydrogen-bond donors (Lipinski definition) is 1. The molecule has 0 bridgehead atoms. The van der Waals surface area contributed by atoms with E-state index in [9.17, 15) is 4.79 Å². The highest BCUT2D eigenvalue weighted by Gasteiger charge is 2.02. The predicted molar refractivity (Wildman–Crippen MR) is 57.3 cm³/mol. The van der Waals surface area contributed by atoms with E-state index in [1.165, 1.54) is 6.07 Å². The molecular formula is C9H6O2S2. The molecule has 1 aromatic heterocycles. The Morgan fingerprint density at radius 3 is 2.85 bits per heavy atom. The minimum Gasteiger partial charge on any atom is -0.449 e. The highest BCUT2D eigenvalue weighted by atomic mass is 33.1. The van der Waals surface area contributed by atoms with Crippen molar-refractivity contribution >= 4 is 33.4 Å². The van der Waals surface area contributed by atoms with E-state index in [-0.39, 0.29) is 5.43 Å². The molecule has 0 saturated carbocycles. The van der Waals surface area contributed by atoms with Crippen molar-refractivity contribution in [1.29, 1.82) is 0 Å². The van der Waals surface area contributed by atoms with Gasteiger partial charge in [-0.25, -0.2) is 0 Å². The fraction of sp³-hybridized carbons (Fsp3) is 0. The van der Waals surface area contributed by atoms with Crippen molar-refractivity contribution in [2.24, 2.45) is 0 Å². The van der Waals surface area contributed by atoms with Gasteiger partial charge in [0.25, 0.3) is 0 Å². The smallest absolute Gasteiger partial charge is 0.193 e. The van der Waals surface area contributed by atoms with E-state index in [1.807, 2.05) is 12.1 Å². The van der Waals surface area contributed by atoms with E-state index in [4.69, 9.17) is 4.42 Å². The van der Waals surface area contributed by atoms with Gasteiger partial charge in [0.15, 0.2) is 10.5 Å². The zero-order valence-electron chi connectivity index (χ0n) is 6.56. The lowest BCUT2D eigenvalue weighted by Gasteiger charge is -1.97. The Morgan fingerprint density at radius 1 is 1.31 bits per heavy atom. The van der Waals surface area contributed by atoms with Crippen molar-refractivity contribution in [3.05, 3.63) is 40.6 Å². The Kier molecular flexibility index (Phi) is 2.33. The van der Waals surface area contributed by atoms with Gasteiger partial charge in [-0.15, -0.1) is 11.7 Å². The van der Waals surface area contributed by atoms with Crippen LogP contribution < -0.4 is 5.43 Å². The predicted octanol–water partition coefficient (Wildman–Crippen LogP) is 2.73. The Morgan fingerprint density at radius 2 is 2.08 bits per heavy atom. The van der Waals surface area contributed by atoms with Gasteiger partial charge >= 0.3 is 0 Å². The van der Waals surface area contributed by atoms with Gasteiger partial charge in [-0.1, -0.05) is 12.1 Å². The first-order valence-electron chi connectivity index (χ1n) is 3.65. The van der Waals surface area contributed by atoms with Crippen molar-refractivity contribution in [1.82, 2.24) is 0 Å². The summed E-state index contributed by atoms with van der Waals surface area (Å²) >= 11 is 3.97. The molecule has 1 heterocycles. The molecule has 2 rings (SSSR count). The first kappa shape index (κ1) is 8.72. The Balaban J connectivity index is 2.85. The number of thiol groups is 1. The molecule has 0 aliphatic heterocycles. The summed E-state index contributed by atoms with van der Waals surface area (Å²) in [5.74, 6) is 0. The summed E-state index contributed by atoms with van der Waals surface area (Å²) in [6, 6.07) is 8.60. The minimum absolute atomic E-state index is 0.0293. The van der Waals surface area contributed by atoms with Crippen molar-refractivity contribution in [3.63, 3.8) is 0 Å². The number of rotatable bonds is 1. The topological polar surface area (TPSA) is 30.2 Å². The Labute approximate surface area is 83.8 Å². The van der Waals surface area contributed by atoms with Gasteiger partial charge in [-0.05, 0) is 22.9 Å². The molecule has 2 nitrogen and oxygen atoms in total. The third-order valence-corrected chi connectivity index (χ3v) is 2.62. The highest BCUT2D eigenvalue weighted by Crippen LogP contribution is 2.22. The summed E-state index contributed by atoms with van der Waals surface area (Å²) in [6.07, 6.45) is 0. The molecule has 0 aliphatic carbocycles. The molecule has 0 amide bonds. The molecule has 0 unspecified atom stereocenters. The molecule has 0 aliphatic rings. The van der Waals surface area contributed by atoms with E-state index in [2.05, 4.69) is 11.7 Å². The zero-order chi connectivity index (χ0) is 9.26. The van der Waals surface area contributed by atoms with Crippen molar-refractivity contribution in [2.45, 2.75) is 5.09 Å². The number of fused-ring (bicyclic) bond motifs is 1. The highest BCUT2D eigenvalue weighted by molar-refractivity contribution is 8.68. The second kappa shape index (κ2) is 3.47. The summed E-state index contributed by atoms with van der Waals surface area (Å²) in [6.45, 7) is 0. The molecule has 0 radical (unpaired) electrons. The van der Waals surface area contributed by atoms with Crippen LogP contribution in [0.5, 0.6) is 0 Å². The van der Waals surface area contributed by atoms with Crippen molar-refractivity contribution < 1.29 is 4.42 Å². The van der Waals surface area contributed by atoms with Crippen LogP contribution in [0.15, 0.2) is 44.6 Å². The lowest BCUT2D eigenvalue weighted by Crippen LogP contribution is -1.98. The summed E-state index contributed by atoms with van der Waals surface area (Å²) in [4.78, 5) is 11.5. The van der Waals surface area contributed by atoms with Crippen LogP contribution in [0.3, 0.4) is 0 Å². The van der Waals surface area contributed by atoms with Crippen molar-refractivity contribution in [2.75, 3.05) is 0 Å². The summed E-state index contributed by atoms with van der Waals surface area (Å²) in [5.41, 5.74) is 0.574. The summed E-state index contributed by atoms with van der Waals surface area (Å²) in [7, 11) is 1.13. The van der Waals surface area contributed by atoms with Gasteiger partial charge in [0.05, 0.1) is 5.39 Å². The SMILES string of the molecule is O=c1cc(SS)oc2ccccc12. The molecular weight excluding hydrogens is 204 g/mol. The molecule has 1 aromatic carbocycles. The standard InChI is InChI=1S/C9H6O2S2/c10-7-5-9(13-12)11-8-4-2-1-3-6(7)8/h1-5,12H. The molecule has 0 N–H and O–H groups in total. The molecule has 0 fully saturated rings. The van der Waals surface area contributed by atoms with Crippen LogP contribution in [-0.2, 0) is 0 Å². The third-order valence-electron chi connectivity index (χ3n) is 1.70. The first-order chi connectivity index (χ1) is 6.31. The molecule has 0 saturated heterocycles. The van der Waals surface area contributed by atoms with Gasteiger partial charge in [-0.2, -0.15) is 0 Å². The van der Waals surface area contributed by atoms with E-state index in [0.29, 0.717) is 16.1 Å². The number of para-hydroxylation sites is 1. The molecule has 0 spiro atoms. The monoisotopic (exact) mass is 210 g/mol. The second-order valence-corrected chi connectivity index (χ2v) is 3.65.